The molecule has 1 atom stereocenters. The van der Waals surface area contributed by atoms with E-state index >= 15 is 0 Å². The molecule has 100 valence electrons. The largest absolute Gasteiger partial charge is 0.394 e. The van der Waals surface area contributed by atoms with Crippen LogP contribution in [0.2, 0.25) is 0 Å². The molecule has 2 nitrogen and oxygen atoms in total. The van der Waals surface area contributed by atoms with Gasteiger partial charge in [-0.25, -0.2) is 0 Å². The Bertz CT molecular complexity index is 369. The van der Waals surface area contributed by atoms with Crippen LogP contribution < -0.4 is 5.32 Å². The van der Waals surface area contributed by atoms with Gasteiger partial charge in [0.1, 0.15) is 0 Å². The van der Waals surface area contributed by atoms with Crippen LogP contribution >= 0.6 is 0 Å². The second-order valence-corrected chi connectivity index (χ2v) is 5.77. The first-order chi connectivity index (χ1) is 8.70. The van der Waals surface area contributed by atoms with Crippen LogP contribution in [0.4, 0.5) is 5.69 Å². The molecule has 2 N–H and O–H groups in total. The van der Waals surface area contributed by atoms with E-state index in [1.54, 1.807) is 0 Å². The van der Waals surface area contributed by atoms with Crippen LogP contribution in [0.25, 0.3) is 0 Å². The predicted octanol–water partition coefficient (Wildman–Crippen LogP) is 3.59. The summed E-state index contributed by atoms with van der Waals surface area (Å²) in [5, 5.41) is 13.2. The molecule has 0 aromatic heterocycles. The summed E-state index contributed by atoms with van der Waals surface area (Å²) in [5.41, 5.74) is 2.41. The number of para-hydroxylation sites is 1. The minimum atomic E-state index is 0.207. The highest BCUT2D eigenvalue weighted by Gasteiger charge is 2.25. The van der Waals surface area contributed by atoms with Crippen molar-refractivity contribution in [1.29, 1.82) is 0 Å². The molecular weight excluding hydrogens is 222 g/mol. The van der Waals surface area contributed by atoms with Crippen molar-refractivity contribution in [2.45, 2.75) is 45.6 Å². The summed E-state index contributed by atoms with van der Waals surface area (Å²) in [6.45, 7) is 4.67. The fourth-order valence-corrected chi connectivity index (χ4v) is 2.94. The summed E-state index contributed by atoms with van der Waals surface area (Å²) in [6, 6.07) is 8.52. The molecule has 18 heavy (non-hydrogen) atoms. The van der Waals surface area contributed by atoms with Gasteiger partial charge < -0.3 is 10.4 Å². The Hall–Kier alpha value is -1.02. The summed E-state index contributed by atoms with van der Waals surface area (Å²) < 4.78 is 0. The topological polar surface area (TPSA) is 32.3 Å². The third kappa shape index (κ3) is 3.26. The van der Waals surface area contributed by atoms with E-state index in [0.717, 1.165) is 11.6 Å². The van der Waals surface area contributed by atoms with Gasteiger partial charge in [0, 0.05) is 5.69 Å². The Balaban J connectivity index is 1.99. The molecule has 1 fully saturated rings. The lowest BCUT2D eigenvalue weighted by Crippen LogP contribution is -2.35. The average Bonchev–Trinajstić information content (AvgIpc) is 2.39. The maximum Gasteiger partial charge on any atom is 0.0635 e. The van der Waals surface area contributed by atoms with Crippen molar-refractivity contribution >= 4 is 5.69 Å². The zero-order chi connectivity index (χ0) is 13.0. The predicted molar refractivity (Wildman–Crippen MR) is 76.8 cm³/mol. The zero-order valence-corrected chi connectivity index (χ0v) is 11.5. The summed E-state index contributed by atoms with van der Waals surface area (Å²) in [7, 11) is 0. The summed E-state index contributed by atoms with van der Waals surface area (Å²) in [4.78, 5) is 0. The third-order valence-corrected chi connectivity index (χ3v) is 4.31. The molecule has 1 aromatic rings. The van der Waals surface area contributed by atoms with E-state index in [2.05, 4.69) is 37.4 Å². The lowest BCUT2D eigenvalue weighted by Gasteiger charge is -2.33. The maximum absolute atomic E-state index is 9.63. The van der Waals surface area contributed by atoms with Crippen LogP contribution in [-0.4, -0.2) is 17.8 Å². The summed E-state index contributed by atoms with van der Waals surface area (Å²) in [5.74, 6) is 1.48. The zero-order valence-electron chi connectivity index (χ0n) is 11.5. The standard InChI is InChI=1S/C16H25NO/c1-12-7-9-14(10-8-12)16(11-18)17-15-6-4-3-5-13(15)2/h3-6,12,14,16-18H,7-11H2,1-2H3. The van der Waals surface area contributed by atoms with Gasteiger partial charge in [0.05, 0.1) is 12.6 Å². The van der Waals surface area contributed by atoms with Crippen molar-refractivity contribution in [3.05, 3.63) is 29.8 Å². The Labute approximate surface area is 110 Å². The van der Waals surface area contributed by atoms with Crippen LogP contribution in [0.3, 0.4) is 0 Å². The second-order valence-electron chi connectivity index (χ2n) is 5.77. The number of hydrogen-bond donors (Lipinski definition) is 2. The number of anilines is 1. The van der Waals surface area contributed by atoms with E-state index in [0.29, 0.717) is 5.92 Å². The van der Waals surface area contributed by atoms with Gasteiger partial charge in [0.25, 0.3) is 0 Å². The van der Waals surface area contributed by atoms with E-state index in [1.165, 1.54) is 31.2 Å². The van der Waals surface area contributed by atoms with Crippen molar-refractivity contribution in [3.63, 3.8) is 0 Å². The highest BCUT2D eigenvalue weighted by molar-refractivity contribution is 5.51. The van der Waals surface area contributed by atoms with Gasteiger partial charge in [-0.3, -0.25) is 0 Å². The highest BCUT2D eigenvalue weighted by atomic mass is 16.3. The number of aliphatic hydroxyl groups excluding tert-OH is 1. The van der Waals surface area contributed by atoms with Crippen LogP contribution in [0, 0.1) is 18.8 Å². The van der Waals surface area contributed by atoms with Gasteiger partial charge >= 0.3 is 0 Å². The van der Waals surface area contributed by atoms with Gasteiger partial charge in [-0.15, -0.1) is 0 Å². The fraction of sp³-hybridized carbons (Fsp3) is 0.625. The second kappa shape index (κ2) is 6.24. The number of benzene rings is 1. The monoisotopic (exact) mass is 247 g/mol. The van der Waals surface area contributed by atoms with Gasteiger partial charge in [-0.1, -0.05) is 38.0 Å². The van der Waals surface area contributed by atoms with E-state index in [1.807, 2.05) is 6.07 Å². The molecule has 0 amide bonds. The van der Waals surface area contributed by atoms with Crippen molar-refractivity contribution < 1.29 is 5.11 Å². The first-order valence-electron chi connectivity index (χ1n) is 7.13. The SMILES string of the molecule is Cc1ccccc1NC(CO)C1CCC(C)CC1. The molecule has 2 rings (SSSR count). The van der Waals surface area contributed by atoms with Crippen molar-refractivity contribution in [1.82, 2.24) is 0 Å². The molecule has 1 saturated carbocycles. The normalized spacial score (nSPS) is 25.7. The molecule has 0 heterocycles. The van der Waals surface area contributed by atoms with Crippen LogP contribution in [0.1, 0.15) is 38.2 Å². The molecule has 0 aliphatic heterocycles. The van der Waals surface area contributed by atoms with Crippen molar-refractivity contribution in [2.24, 2.45) is 11.8 Å². The first kappa shape index (κ1) is 13.4. The Morgan fingerprint density at radius 3 is 2.50 bits per heavy atom. The third-order valence-electron chi connectivity index (χ3n) is 4.31. The van der Waals surface area contributed by atoms with Crippen LogP contribution in [0.5, 0.6) is 0 Å². The van der Waals surface area contributed by atoms with E-state index in [-0.39, 0.29) is 12.6 Å². The van der Waals surface area contributed by atoms with Gasteiger partial charge in [-0.05, 0) is 43.2 Å². The van der Waals surface area contributed by atoms with Gasteiger partial charge in [-0.2, -0.15) is 0 Å². The van der Waals surface area contributed by atoms with Gasteiger partial charge in [0.2, 0.25) is 0 Å². The Morgan fingerprint density at radius 1 is 1.22 bits per heavy atom. The minimum Gasteiger partial charge on any atom is -0.394 e. The fourth-order valence-electron chi connectivity index (χ4n) is 2.94. The Morgan fingerprint density at radius 2 is 1.89 bits per heavy atom. The number of aliphatic hydroxyl groups is 1. The van der Waals surface area contributed by atoms with E-state index in [4.69, 9.17) is 0 Å². The molecule has 2 heteroatoms. The number of hydrogen-bond acceptors (Lipinski definition) is 2. The summed E-state index contributed by atoms with van der Waals surface area (Å²) in [6.07, 6.45) is 5.09. The number of nitrogens with one attached hydrogen (secondary N) is 1. The van der Waals surface area contributed by atoms with Crippen molar-refractivity contribution in [3.8, 4) is 0 Å². The number of rotatable bonds is 4. The maximum atomic E-state index is 9.63. The minimum absolute atomic E-state index is 0.207. The quantitative estimate of drug-likeness (QED) is 0.852. The van der Waals surface area contributed by atoms with Crippen LogP contribution in [-0.2, 0) is 0 Å². The lowest BCUT2D eigenvalue weighted by atomic mass is 9.79. The molecule has 0 bridgehead atoms. The first-order valence-corrected chi connectivity index (χ1v) is 7.13. The molecule has 1 aromatic carbocycles. The van der Waals surface area contributed by atoms with E-state index in [9.17, 15) is 5.11 Å². The molecule has 0 radical (unpaired) electrons. The van der Waals surface area contributed by atoms with Gasteiger partial charge in [0.15, 0.2) is 0 Å². The Kier molecular flexibility index (Phi) is 4.65. The van der Waals surface area contributed by atoms with Crippen molar-refractivity contribution in [2.75, 3.05) is 11.9 Å². The lowest BCUT2D eigenvalue weighted by molar-refractivity contribution is 0.192. The smallest absolute Gasteiger partial charge is 0.0635 e. The molecular formula is C16H25NO. The van der Waals surface area contributed by atoms with E-state index < -0.39 is 0 Å². The molecule has 1 unspecified atom stereocenters. The summed E-state index contributed by atoms with van der Waals surface area (Å²) >= 11 is 0. The highest BCUT2D eigenvalue weighted by Crippen LogP contribution is 2.31. The average molecular weight is 247 g/mol. The van der Waals surface area contributed by atoms with Crippen LogP contribution in [0.15, 0.2) is 24.3 Å². The molecule has 0 saturated heterocycles. The molecule has 1 aliphatic carbocycles. The molecule has 0 spiro atoms. The molecule has 1 aliphatic rings. The number of aryl methyl sites for hydroxylation is 1.